The Kier molecular flexibility index (Phi) is 71.1. The summed E-state index contributed by atoms with van der Waals surface area (Å²) in [5.41, 5.74) is 0. The van der Waals surface area contributed by atoms with E-state index in [4.69, 9.17) is 49.5 Å². The summed E-state index contributed by atoms with van der Waals surface area (Å²) in [6.45, 7) is 4.97. The molecule has 2 radical (unpaired) electrons. The number of carbonyl (C=O) groups excluding carboxylic acids is 4. The van der Waals surface area contributed by atoms with E-state index < -0.39 is 29.8 Å². The summed E-state index contributed by atoms with van der Waals surface area (Å²) in [5.74, 6) is -5.17. The molecule has 0 aliphatic rings. The molecular weight excluding hydrogens is 407 g/mol. The fraction of sp³-hybridized carbons (Fsp3) is 0.500. The SMILES string of the molecule is CC(=O)O.CC(=O)[O-].CC(=O)[O-].CC(=O)[O-].CC(=O)[O-].[Cu+2].[Cu+2]. The first-order chi connectivity index (χ1) is 8.66. The molecule has 0 heterocycles. The van der Waals surface area contributed by atoms with Crippen LogP contribution in [0.25, 0.3) is 0 Å². The molecule has 0 aliphatic heterocycles. The average molecular weight is 423 g/mol. The molecule has 0 aromatic carbocycles. The van der Waals surface area contributed by atoms with Gasteiger partial charge in [0.05, 0.1) is 0 Å². The molecule has 138 valence electrons. The quantitative estimate of drug-likeness (QED) is 0.368. The van der Waals surface area contributed by atoms with Crippen molar-refractivity contribution in [2.24, 2.45) is 0 Å². The van der Waals surface area contributed by atoms with E-state index in [2.05, 4.69) is 0 Å². The first-order valence-corrected chi connectivity index (χ1v) is 4.56. The number of carboxylic acids is 5. The van der Waals surface area contributed by atoms with Crippen LogP contribution in [0.15, 0.2) is 0 Å². The third-order valence-electron chi connectivity index (χ3n) is 0. The van der Waals surface area contributed by atoms with Gasteiger partial charge in [-0.05, 0) is 27.7 Å². The monoisotopic (exact) mass is 422 g/mol. The number of hydrogen-bond donors (Lipinski definition) is 1. The summed E-state index contributed by atoms with van der Waals surface area (Å²) in [5, 5.41) is 43.0. The van der Waals surface area contributed by atoms with Crippen molar-refractivity contribution in [1.29, 1.82) is 0 Å². The molecule has 0 saturated carbocycles. The second kappa shape index (κ2) is 36.6. The molecule has 0 atom stereocenters. The van der Waals surface area contributed by atoms with Crippen molar-refractivity contribution in [3.05, 3.63) is 0 Å². The van der Waals surface area contributed by atoms with Gasteiger partial charge in [-0.15, -0.1) is 0 Å². The largest absolute Gasteiger partial charge is 2.00 e. The summed E-state index contributed by atoms with van der Waals surface area (Å²) < 4.78 is 0. The van der Waals surface area contributed by atoms with Crippen LogP contribution in [0.5, 0.6) is 0 Å². The molecule has 0 aromatic heterocycles. The molecule has 1 N–H and O–H groups in total. The van der Waals surface area contributed by atoms with Crippen LogP contribution in [0, 0.1) is 0 Å². The molecule has 0 spiro atoms. The third kappa shape index (κ3) is 2140. The number of carboxylic acid groups (broad SMARTS) is 5. The molecule has 10 nitrogen and oxygen atoms in total. The van der Waals surface area contributed by atoms with Crippen LogP contribution in [0.4, 0.5) is 0 Å². The zero-order valence-corrected chi connectivity index (χ0v) is 14.1. The van der Waals surface area contributed by atoms with Gasteiger partial charge in [0.2, 0.25) is 0 Å². The maximum atomic E-state index is 9.00. The normalized spacial score (nSPS) is 5.68. The predicted molar refractivity (Wildman–Crippen MR) is 56.0 cm³/mol. The Morgan fingerprint density at radius 3 is 0.545 bits per heavy atom. The van der Waals surface area contributed by atoms with E-state index in [0.29, 0.717) is 0 Å². The Balaban J connectivity index is -0.0000000250. The Morgan fingerprint density at radius 2 is 0.545 bits per heavy atom. The Labute approximate surface area is 148 Å². The number of carbonyl (C=O) groups is 5. The second-order valence-corrected chi connectivity index (χ2v) is 2.49. The first kappa shape index (κ1) is 42.8. The smallest absolute Gasteiger partial charge is 0.550 e. The van der Waals surface area contributed by atoms with E-state index in [1.807, 2.05) is 0 Å². The van der Waals surface area contributed by atoms with Crippen LogP contribution in [0.1, 0.15) is 34.6 Å². The Bertz CT molecular complexity index is 214. The van der Waals surface area contributed by atoms with Crippen LogP contribution in [0.2, 0.25) is 0 Å². The van der Waals surface area contributed by atoms with Gasteiger partial charge in [0.25, 0.3) is 5.97 Å². The van der Waals surface area contributed by atoms with Crippen LogP contribution >= 0.6 is 0 Å². The van der Waals surface area contributed by atoms with Gasteiger partial charge in [0.15, 0.2) is 0 Å². The molecule has 0 unspecified atom stereocenters. The van der Waals surface area contributed by atoms with E-state index in [-0.39, 0.29) is 34.1 Å². The minimum Gasteiger partial charge on any atom is -0.550 e. The number of rotatable bonds is 0. The molecular formula is C10H16Cu2O10. The standard InChI is InChI=1S/5C2H4O2.2Cu/c5*1-2(3)4;;/h5*1H3,(H,3,4);;/q;;;;;2*+2/p-4. The zero-order chi connectivity index (χ0) is 17.9. The molecule has 0 amide bonds. The van der Waals surface area contributed by atoms with Crippen molar-refractivity contribution in [3.8, 4) is 0 Å². The van der Waals surface area contributed by atoms with Crippen LogP contribution in [-0.2, 0) is 58.1 Å². The molecule has 0 fully saturated rings. The molecule has 12 heteroatoms. The minimum absolute atomic E-state index is 0. The van der Waals surface area contributed by atoms with Gasteiger partial charge >= 0.3 is 34.1 Å². The van der Waals surface area contributed by atoms with Gasteiger partial charge in [0.1, 0.15) is 0 Å². The van der Waals surface area contributed by atoms with Crippen LogP contribution in [0.3, 0.4) is 0 Å². The van der Waals surface area contributed by atoms with Crippen molar-refractivity contribution in [1.82, 2.24) is 0 Å². The molecule has 0 aliphatic carbocycles. The molecule has 0 saturated heterocycles. The molecule has 0 bridgehead atoms. The Hall–Kier alpha value is -1.61. The van der Waals surface area contributed by atoms with Crippen molar-refractivity contribution in [2.45, 2.75) is 34.6 Å². The van der Waals surface area contributed by atoms with Gasteiger partial charge in [-0.1, -0.05) is 0 Å². The summed E-state index contributed by atoms with van der Waals surface area (Å²) in [6.07, 6.45) is 0. The summed E-state index contributed by atoms with van der Waals surface area (Å²) in [4.78, 5) is 44.6. The van der Waals surface area contributed by atoms with Gasteiger partial charge in [-0.25, -0.2) is 0 Å². The van der Waals surface area contributed by atoms with Crippen molar-refractivity contribution in [3.63, 3.8) is 0 Å². The molecule has 22 heavy (non-hydrogen) atoms. The first-order valence-electron chi connectivity index (χ1n) is 4.56. The van der Waals surface area contributed by atoms with Crippen LogP contribution < -0.4 is 20.4 Å². The summed E-state index contributed by atoms with van der Waals surface area (Å²) in [7, 11) is 0. The van der Waals surface area contributed by atoms with Gasteiger partial charge in [-0.2, -0.15) is 0 Å². The molecule has 0 aromatic rings. The average Bonchev–Trinajstić information content (AvgIpc) is 1.94. The number of aliphatic carboxylic acids is 5. The zero-order valence-electron chi connectivity index (χ0n) is 12.2. The Morgan fingerprint density at radius 1 is 0.545 bits per heavy atom. The maximum Gasteiger partial charge on any atom is 2.00 e. The van der Waals surface area contributed by atoms with E-state index in [1.165, 1.54) is 0 Å². The summed E-state index contributed by atoms with van der Waals surface area (Å²) in [6, 6.07) is 0. The van der Waals surface area contributed by atoms with Gasteiger partial charge < -0.3 is 44.7 Å². The van der Waals surface area contributed by atoms with E-state index in [0.717, 1.165) is 34.6 Å². The van der Waals surface area contributed by atoms with E-state index in [9.17, 15) is 0 Å². The minimum atomic E-state index is -1.08. The predicted octanol–water partition coefficient (Wildman–Crippen LogP) is -4.89. The fourth-order valence-electron chi connectivity index (χ4n) is 0. The van der Waals surface area contributed by atoms with E-state index in [1.54, 1.807) is 0 Å². The second-order valence-electron chi connectivity index (χ2n) is 2.49. The van der Waals surface area contributed by atoms with Gasteiger partial charge in [0, 0.05) is 30.8 Å². The maximum absolute atomic E-state index is 9.00. The van der Waals surface area contributed by atoms with E-state index >= 15 is 0 Å². The molecule has 0 rings (SSSR count). The third-order valence-corrected chi connectivity index (χ3v) is 0. The van der Waals surface area contributed by atoms with Crippen molar-refractivity contribution < 1.29 is 83.6 Å². The van der Waals surface area contributed by atoms with Crippen LogP contribution in [-0.4, -0.2) is 35.0 Å². The fourth-order valence-corrected chi connectivity index (χ4v) is 0. The van der Waals surface area contributed by atoms with Gasteiger partial charge in [-0.3, -0.25) is 4.79 Å². The van der Waals surface area contributed by atoms with Crippen molar-refractivity contribution >= 4 is 29.8 Å². The number of hydrogen-bond acceptors (Lipinski definition) is 9. The topological polar surface area (TPSA) is 198 Å². The summed E-state index contributed by atoms with van der Waals surface area (Å²) >= 11 is 0. The van der Waals surface area contributed by atoms with Crippen molar-refractivity contribution in [2.75, 3.05) is 0 Å².